The number of nitrogens with zero attached hydrogens (tertiary/aromatic N) is 2. The van der Waals surface area contributed by atoms with Crippen LogP contribution in [0.4, 0.5) is 10.6 Å². The van der Waals surface area contributed by atoms with Crippen molar-refractivity contribution in [2.24, 2.45) is 0 Å². The Hall–Kier alpha value is -2.35. The summed E-state index contributed by atoms with van der Waals surface area (Å²) >= 11 is 3.48. The van der Waals surface area contributed by atoms with Gasteiger partial charge in [-0.15, -0.1) is 0 Å². The van der Waals surface area contributed by atoms with Crippen LogP contribution in [-0.2, 0) is 4.74 Å². The second-order valence-corrected chi connectivity index (χ2v) is 9.61. The van der Waals surface area contributed by atoms with Crippen molar-refractivity contribution < 1.29 is 9.53 Å². The van der Waals surface area contributed by atoms with Crippen molar-refractivity contribution in [2.45, 2.75) is 64.0 Å². The van der Waals surface area contributed by atoms with Crippen molar-refractivity contribution in [3.63, 3.8) is 0 Å². The molecule has 1 aliphatic carbocycles. The van der Waals surface area contributed by atoms with Crippen molar-refractivity contribution in [2.75, 3.05) is 5.73 Å². The van der Waals surface area contributed by atoms with E-state index in [0.29, 0.717) is 11.7 Å². The SMILES string of the molecule is CC(C)(C)OC(=O)NC1CCC(c2nc3c([nH]2)c(N)nc2cc(Br)ccc23)CC1. The standard InChI is InChI=1S/C21H26BrN5O2/c1-21(2,3)29-20(28)24-13-7-4-11(5-8-13)19-26-16-14-9-6-12(22)10-15(14)25-18(23)17(16)27-19/h6,9-11,13H,4-5,7-8H2,1-3H3,(H2,23,25)(H,24,28)(H,26,27). The Morgan fingerprint density at radius 2 is 1.97 bits per heavy atom. The third-order valence-electron chi connectivity index (χ3n) is 5.27. The number of alkyl carbamates (subject to hydrolysis) is 1. The van der Waals surface area contributed by atoms with E-state index in [0.717, 1.165) is 57.9 Å². The first-order valence-corrected chi connectivity index (χ1v) is 10.7. The number of rotatable bonds is 2. The van der Waals surface area contributed by atoms with Crippen LogP contribution in [0, 0.1) is 0 Å². The normalized spacial score (nSPS) is 20.1. The first-order valence-electron chi connectivity index (χ1n) is 9.93. The molecule has 0 aliphatic heterocycles. The maximum atomic E-state index is 12.0. The van der Waals surface area contributed by atoms with E-state index in [9.17, 15) is 4.79 Å². The number of aromatic nitrogens is 3. The first-order chi connectivity index (χ1) is 13.7. The lowest BCUT2D eigenvalue weighted by molar-refractivity contribution is 0.0491. The highest BCUT2D eigenvalue weighted by Gasteiger charge is 2.27. The van der Waals surface area contributed by atoms with Gasteiger partial charge in [0, 0.05) is 21.8 Å². The van der Waals surface area contributed by atoms with Gasteiger partial charge in [-0.25, -0.2) is 14.8 Å². The quantitative estimate of drug-likeness (QED) is 0.499. The van der Waals surface area contributed by atoms with E-state index >= 15 is 0 Å². The van der Waals surface area contributed by atoms with Crippen LogP contribution in [0.15, 0.2) is 22.7 Å². The number of anilines is 1. The minimum absolute atomic E-state index is 0.135. The topological polar surface area (TPSA) is 106 Å². The molecule has 4 N–H and O–H groups in total. The monoisotopic (exact) mass is 459 g/mol. The number of carbonyl (C=O) groups excluding carboxylic acids is 1. The van der Waals surface area contributed by atoms with Gasteiger partial charge in [-0.3, -0.25) is 0 Å². The Morgan fingerprint density at radius 3 is 2.66 bits per heavy atom. The predicted molar refractivity (Wildman–Crippen MR) is 118 cm³/mol. The number of nitrogens with one attached hydrogen (secondary N) is 2. The second kappa shape index (κ2) is 7.48. The molecule has 0 atom stereocenters. The summed E-state index contributed by atoms with van der Waals surface area (Å²) in [7, 11) is 0. The summed E-state index contributed by atoms with van der Waals surface area (Å²) in [6, 6.07) is 6.09. The van der Waals surface area contributed by atoms with Crippen molar-refractivity contribution in [3.8, 4) is 0 Å². The Labute approximate surface area is 177 Å². The maximum Gasteiger partial charge on any atom is 0.407 e. The fraction of sp³-hybridized carbons (Fsp3) is 0.476. The fourth-order valence-corrected chi connectivity index (χ4v) is 4.28. The summed E-state index contributed by atoms with van der Waals surface area (Å²) in [6.45, 7) is 5.61. The molecule has 1 aromatic carbocycles. The average Bonchev–Trinajstić information content (AvgIpc) is 3.06. The van der Waals surface area contributed by atoms with Gasteiger partial charge in [0.2, 0.25) is 0 Å². The number of hydrogen-bond acceptors (Lipinski definition) is 5. The summed E-state index contributed by atoms with van der Waals surface area (Å²) in [5.74, 6) is 1.72. The molecule has 1 saturated carbocycles. The molecule has 2 heterocycles. The van der Waals surface area contributed by atoms with Gasteiger partial charge in [0.05, 0.1) is 5.52 Å². The molecule has 0 saturated heterocycles. The number of nitrogens with two attached hydrogens (primary N) is 1. The molecule has 154 valence electrons. The van der Waals surface area contributed by atoms with E-state index in [4.69, 9.17) is 15.5 Å². The number of aromatic amines is 1. The lowest BCUT2D eigenvalue weighted by Gasteiger charge is -2.29. The molecule has 29 heavy (non-hydrogen) atoms. The summed E-state index contributed by atoms with van der Waals surface area (Å²) in [5, 5.41) is 3.97. The zero-order valence-electron chi connectivity index (χ0n) is 16.9. The number of carbonyl (C=O) groups is 1. The Balaban J connectivity index is 1.49. The first kappa shape index (κ1) is 19.9. The van der Waals surface area contributed by atoms with E-state index < -0.39 is 5.60 Å². The maximum absolute atomic E-state index is 12.0. The molecular weight excluding hydrogens is 434 g/mol. The van der Waals surface area contributed by atoms with Gasteiger partial charge in [-0.05, 0) is 64.7 Å². The highest BCUT2D eigenvalue weighted by atomic mass is 79.9. The molecule has 2 aromatic heterocycles. The van der Waals surface area contributed by atoms with E-state index in [2.05, 4.69) is 31.2 Å². The molecule has 0 unspecified atom stereocenters. The van der Waals surface area contributed by atoms with Gasteiger partial charge >= 0.3 is 6.09 Å². The molecule has 7 nitrogen and oxygen atoms in total. The van der Waals surface area contributed by atoms with Crippen LogP contribution in [0.2, 0.25) is 0 Å². The molecule has 4 rings (SSSR count). The third kappa shape index (κ3) is 4.32. The molecule has 0 spiro atoms. The highest BCUT2D eigenvalue weighted by molar-refractivity contribution is 9.10. The summed E-state index contributed by atoms with van der Waals surface area (Å²) in [5.41, 5.74) is 8.19. The predicted octanol–water partition coefficient (Wildman–Crippen LogP) is 5.01. The number of fused-ring (bicyclic) bond motifs is 3. The van der Waals surface area contributed by atoms with Gasteiger partial charge < -0.3 is 20.8 Å². The average molecular weight is 460 g/mol. The second-order valence-electron chi connectivity index (χ2n) is 8.70. The molecule has 8 heteroatoms. The van der Waals surface area contributed by atoms with Crippen molar-refractivity contribution >= 4 is 49.8 Å². The van der Waals surface area contributed by atoms with Crippen LogP contribution in [0.5, 0.6) is 0 Å². The lowest BCUT2D eigenvalue weighted by Crippen LogP contribution is -2.40. The number of amides is 1. The summed E-state index contributed by atoms with van der Waals surface area (Å²) in [6.07, 6.45) is 3.32. The van der Waals surface area contributed by atoms with Crippen LogP contribution in [-0.4, -0.2) is 32.7 Å². The zero-order valence-corrected chi connectivity index (χ0v) is 18.5. The minimum Gasteiger partial charge on any atom is -0.444 e. The molecule has 3 aromatic rings. The van der Waals surface area contributed by atoms with E-state index in [1.165, 1.54) is 0 Å². The number of ether oxygens (including phenoxy) is 1. The van der Waals surface area contributed by atoms with E-state index in [-0.39, 0.29) is 12.1 Å². The van der Waals surface area contributed by atoms with Crippen LogP contribution >= 0.6 is 15.9 Å². The van der Waals surface area contributed by atoms with Gasteiger partial charge in [-0.2, -0.15) is 0 Å². The molecule has 1 aliphatic rings. The number of hydrogen-bond donors (Lipinski definition) is 3. The smallest absolute Gasteiger partial charge is 0.407 e. The zero-order chi connectivity index (χ0) is 20.8. The summed E-state index contributed by atoms with van der Waals surface area (Å²) < 4.78 is 6.32. The van der Waals surface area contributed by atoms with E-state index in [1.807, 2.05) is 39.0 Å². The van der Waals surface area contributed by atoms with Gasteiger partial charge in [-0.1, -0.05) is 15.9 Å². The Kier molecular flexibility index (Phi) is 5.14. The van der Waals surface area contributed by atoms with Gasteiger partial charge in [0.1, 0.15) is 28.3 Å². The molecule has 1 amide bonds. The Bertz CT molecular complexity index is 1060. The third-order valence-corrected chi connectivity index (χ3v) is 5.76. The Morgan fingerprint density at radius 1 is 1.24 bits per heavy atom. The van der Waals surface area contributed by atoms with Crippen LogP contribution in [0.1, 0.15) is 58.2 Å². The summed E-state index contributed by atoms with van der Waals surface area (Å²) in [4.78, 5) is 24.8. The number of nitrogen functional groups attached to an aromatic ring is 1. The molecular formula is C21H26BrN5O2. The lowest BCUT2D eigenvalue weighted by atomic mass is 9.85. The van der Waals surface area contributed by atoms with Gasteiger partial charge in [0.15, 0.2) is 0 Å². The fourth-order valence-electron chi connectivity index (χ4n) is 3.93. The number of pyridine rings is 1. The van der Waals surface area contributed by atoms with Crippen LogP contribution in [0.25, 0.3) is 21.9 Å². The van der Waals surface area contributed by atoms with Crippen molar-refractivity contribution in [1.29, 1.82) is 0 Å². The number of imidazole rings is 1. The number of H-pyrrole nitrogens is 1. The number of halogens is 1. The molecule has 1 fully saturated rings. The van der Waals surface area contributed by atoms with Crippen LogP contribution in [0.3, 0.4) is 0 Å². The van der Waals surface area contributed by atoms with E-state index in [1.54, 1.807) is 0 Å². The van der Waals surface area contributed by atoms with Gasteiger partial charge in [0.25, 0.3) is 0 Å². The largest absolute Gasteiger partial charge is 0.444 e. The highest BCUT2D eigenvalue weighted by Crippen LogP contribution is 2.35. The number of benzene rings is 1. The minimum atomic E-state index is -0.484. The molecule has 0 radical (unpaired) electrons. The van der Waals surface area contributed by atoms with Crippen LogP contribution < -0.4 is 11.1 Å². The van der Waals surface area contributed by atoms with Crippen molar-refractivity contribution in [1.82, 2.24) is 20.3 Å². The van der Waals surface area contributed by atoms with Crippen molar-refractivity contribution in [3.05, 3.63) is 28.5 Å². The molecule has 0 bridgehead atoms.